The summed E-state index contributed by atoms with van der Waals surface area (Å²) in [4.78, 5) is 26.0. The molecule has 148 valence electrons. The second kappa shape index (κ2) is 9.08. The number of benzene rings is 1. The molecule has 1 saturated heterocycles. The van der Waals surface area contributed by atoms with Gasteiger partial charge in [-0.1, -0.05) is 0 Å². The van der Waals surface area contributed by atoms with E-state index in [1.54, 1.807) is 4.90 Å². The lowest BCUT2D eigenvalue weighted by Gasteiger charge is -2.37. The molecule has 2 aliphatic heterocycles. The molecule has 3 rings (SSSR count). The summed E-state index contributed by atoms with van der Waals surface area (Å²) in [5.41, 5.74) is 0.954. The van der Waals surface area contributed by atoms with Crippen molar-refractivity contribution in [3.63, 3.8) is 0 Å². The van der Waals surface area contributed by atoms with Crippen LogP contribution in [0.15, 0.2) is 18.2 Å². The molecular weight excluding hydrogens is 350 g/mol. The number of rotatable bonds is 7. The van der Waals surface area contributed by atoms with Gasteiger partial charge >= 0.3 is 5.97 Å². The largest absolute Gasteiger partial charge is 0.494 e. The molecule has 2 heterocycles. The third-order valence-corrected chi connectivity index (χ3v) is 5.08. The second-order valence-electron chi connectivity index (χ2n) is 6.93. The number of carbonyl (C=O) groups is 2. The average molecular weight is 377 g/mol. The van der Waals surface area contributed by atoms with Crippen LogP contribution in [0.1, 0.15) is 31.7 Å². The molecule has 1 unspecified atom stereocenters. The normalized spacial score (nSPS) is 19.7. The number of aliphatic carboxylic acids is 1. The molecule has 1 atom stereocenters. The van der Waals surface area contributed by atoms with E-state index in [4.69, 9.17) is 19.3 Å². The summed E-state index contributed by atoms with van der Waals surface area (Å²) in [6.07, 6.45) is 2.00. The highest BCUT2D eigenvalue weighted by molar-refractivity contribution is 5.81. The van der Waals surface area contributed by atoms with Gasteiger partial charge in [-0.3, -0.25) is 9.59 Å². The highest BCUT2D eigenvalue weighted by Gasteiger charge is 2.34. The second-order valence-corrected chi connectivity index (χ2v) is 6.93. The summed E-state index contributed by atoms with van der Waals surface area (Å²) in [6.45, 7) is 4.24. The van der Waals surface area contributed by atoms with E-state index in [0.29, 0.717) is 32.8 Å². The minimum Gasteiger partial charge on any atom is -0.494 e. The summed E-state index contributed by atoms with van der Waals surface area (Å²) in [6, 6.07) is 5.70. The zero-order chi connectivity index (χ0) is 19.2. The lowest BCUT2D eigenvalue weighted by atomic mass is 9.94. The van der Waals surface area contributed by atoms with Crippen molar-refractivity contribution >= 4 is 11.9 Å². The Hall–Kier alpha value is -2.28. The number of hydrogen-bond donors (Lipinski definition) is 1. The van der Waals surface area contributed by atoms with Crippen molar-refractivity contribution in [1.82, 2.24) is 4.90 Å². The maximum atomic E-state index is 13.2. The Kier molecular flexibility index (Phi) is 6.55. The molecule has 7 heteroatoms. The fourth-order valence-electron chi connectivity index (χ4n) is 3.71. The smallest absolute Gasteiger partial charge is 0.305 e. The van der Waals surface area contributed by atoms with E-state index in [1.807, 2.05) is 25.1 Å². The minimum atomic E-state index is -0.897. The maximum absolute atomic E-state index is 13.2. The van der Waals surface area contributed by atoms with Gasteiger partial charge in [-0.15, -0.1) is 0 Å². The molecule has 1 aromatic carbocycles. The van der Waals surface area contributed by atoms with Gasteiger partial charge in [0.25, 0.3) is 0 Å². The lowest BCUT2D eigenvalue weighted by molar-refractivity contribution is -0.143. The molecule has 0 bridgehead atoms. The van der Waals surface area contributed by atoms with Crippen LogP contribution in [0.25, 0.3) is 0 Å². The molecular formula is C20H27NO6. The zero-order valence-electron chi connectivity index (χ0n) is 15.7. The van der Waals surface area contributed by atoms with Crippen LogP contribution >= 0.6 is 0 Å². The van der Waals surface area contributed by atoms with Crippen molar-refractivity contribution in [2.45, 2.75) is 38.6 Å². The zero-order valence-corrected chi connectivity index (χ0v) is 15.7. The van der Waals surface area contributed by atoms with Gasteiger partial charge in [-0.05, 0) is 49.9 Å². The molecule has 1 fully saturated rings. The number of nitrogens with zero attached hydrogens (tertiary/aromatic N) is 1. The Balaban J connectivity index is 1.73. The molecule has 0 spiro atoms. The summed E-state index contributed by atoms with van der Waals surface area (Å²) in [5, 5.41) is 9.06. The molecule has 0 aromatic heterocycles. The van der Waals surface area contributed by atoms with E-state index < -0.39 is 5.97 Å². The first kappa shape index (κ1) is 19.5. The molecule has 1 aromatic rings. The van der Waals surface area contributed by atoms with E-state index in [0.717, 1.165) is 29.9 Å². The van der Waals surface area contributed by atoms with Gasteiger partial charge in [-0.25, -0.2) is 0 Å². The van der Waals surface area contributed by atoms with E-state index in [-0.39, 0.29) is 30.8 Å². The number of amides is 1. The Morgan fingerprint density at radius 2 is 2.07 bits per heavy atom. The van der Waals surface area contributed by atoms with Gasteiger partial charge in [0.2, 0.25) is 5.91 Å². The SMILES string of the molecule is CCOc1ccc2c(c1)CC(C(=O)N(CCC(=O)O)C1CCOCC1)CO2. The van der Waals surface area contributed by atoms with Gasteiger partial charge in [0.1, 0.15) is 18.1 Å². The van der Waals surface area contributed by atoms with Crippen LogP contribution in [-0.4, -0.2) is 60.9 Å². The Morgan fingerprint density at radius 1 is 1.30 bits per heavy atom. The van der Waals surface area contributed by atoms with Crippen LogP contribution in [0.3, 0.4) is 0 Å². The van der Waals surface area contributed by atoms with Crippen molar-refractivity contribution in [1.29, 1.82) is 0 Å². The predicted octanol–water partition coefficient (Wildman–Crippen LogP) is 2.12. The maximum Gasteiger partial charge on any atom is 0.305 e. The third kappa shape index (κ3) is 4.91. The highest BCUT2D eigenvalue weighted by Crippen LogP contribution is 2.32. The third-order valence-electron chi connectivity index (χ3n) is 5.08. The number of carboxylic acids is 1. The van der Waals surface area contributed by atoms with Crippen LogP contribution in [-0.2, 0) is 20.7 Å². The molecule has 1 amide bonds. The van der Waals surface area contributed by atoms with Crippen molar-refractivity contribution in [3.05, 3.63) is 23.8 Å². The monoisotopic (exact) mass is 377 g/mol. The number of hydrogen-bond acceptors (Lipinski definition) is 5. The van der Waals surface area contributed by atoms with Crippen molar-refractivity contribution in [3.8, 4) is 11.5 Å². The molecule has 7 nitrogen and oxygen atoms in total. The lowest BCUT2D eigenvalue weighted by Crippen LogP contribution is -2.49. The minimum absolute atomic E-state index is 0.0294. The molecule has 0 radical (unpaired) electrons. The fourth-order valence-corrected chi connectivity index (χ4v) is 3.71. The average Bonchev–Trinajstić information content (AvgIpc) is 2.68. The standard InChI is InChI=1S/C20H27NO6/c1-2-26-17-3-4-18-14(12-17)11-15(13-27-18)20(24)21(8-5-19(22)23)16-6-9-25-10-7-16/h3-4,12,15-16H,2,5-11,13H2,1H3,(H,22,23). The van der Waals surface area contributed by atoms with E-state index >= 15 is 0 Å². The van der Waals surface area contributed by atoms with Crippen LogP contribution in [0, 0.1) is 5.92 Å². The Morgan fingerprint density at radius 3 is 2.78 bits per heavy atom. The van der Waals surface area contributed by atoms with E-state index in [9.17, 15) is 9.59 Å². The van der Waals surface area contributed by atoms with Crippen molar-refractivity contribution in [2.75, 3.05) is 33.0 Å². The van der Waals surface area contributed by atoms with Gasteiger partial charge in [0.15, 0.2) is 0 Å². The fraction of sp³-hybridized carbons (Fsp3) is 0.600. The number of ether oxygens (including phenoxy) is 3. The number of carbonyl (C=O) groups excluding carboxylic acids is 1. The molecule has 27 heavy (non-hydrogen) atoms. The van der Waals surface area contributed by atoms with Crippen LogP contribution < -0.4 is 9.47 Å². The van der Waals surface area contributed by atoms with Crippen LogP contribution in [0.4, 0.5) is 0 Å². The van der Waals surface area contributed by atoms with E-state index in [2.05, 4.69) is 0 Å². The van der Waals surface area contributed by atoms with Gasteiger partial charge < -0.3 is 24.2 Å². The summed E-state index contributed by atoms with van der Waals surface area (Å²) >= 11 is 0. The highest BCUT2D eigenvalue weighted by atomic mass is 16.5. The van der Waals surface area contributed by atoms with Gasteiger partial charge in [-0.2, -0.15) is 0 Å². The first-order valence-electron chi connectivity index (χ1n) is 9.57. The predicted molar refractivity (Wildman–Crippen MR) is 98.1 cm³/mol. The van der Waals surface area contributed by atoms with Crippen LogP contribution in [0.5, 0.6) is 11.5 Å². The van der Waals surface area contributed by atoms with Gasteiger partial charge in [0, 0.05) is 25.8 Å². The molecule has 2 aliphatic rings. The molecule has 0 saturated carbocycles. The molecule has 0 aliphatic carbocycles. The first-order valence-corrected chi connectivity index (χ1v) is 9.57. The van der Waals surface area contributed by atoms with Crippen molar-refractivity contribution < 1.29 is 28.9 Å². The van der Waals surface area contributed by atoms with E-state index in [1.165, 1.54) is 0 Å². The Bertz CT molecular complexity index is 670. The first-order chi connectivity index (χ1) is 13.1. The summed E-state index contributed by atoms with van der Waals surface area (Å²) < 4.78 is 16.7. The topological polar surface area (TPSA) is 85.3 Å². The summed E-state index contributed by atoms with van der Waals surface area (Å²) in [5.74, 6) is 0.304. The number of fused-ring (bicyclic) bond motifs is 1. The Labute approximate surface area is 159 Å². The van der Waals surface area contributed by atoms with Gasteiger partial charge in [0.05, 0.1) is 18.9 Å². The van der Waals surface area contributed by atoms with Crippen LogP contribution in [0.2, 0.25) is 0 Å². The quantitative estimate of drug-likeness (QED) is 0.783. The number of carboxylic acid groups (broad SMARTS) is 1. The summed E-state index contributed by atoms with van der Waals surface area (Å²) in [7, 11) is 0. The van der Waals surface area contributed by atoms with Crippen molar-refractivity contribution in [2.24, 2.45) is 5.92 Å². The molecule has 1 N–H and O–H groups in total.